The van der Waals surface area contributed by atoms with E-state index in [1.54, 1.807) is 6.92 Å². The minimum absolute atomic E-state index is 0.0297. The van der Waals surface area contributed by atoms with Crippen molar-refractivity contribution in [3.63, 3.8) is 0 Å². The quantitative estimate of drug-likeness (QED) is 0.550. The predicted molar refractivity (Wildman–Crippen MR) is 114 cm³/mol. The summed E-state index contributed by atoms with van der Waals surface area (Å²) >= 11 is 0. The molecule has 164 valence electrons. The van der Waals surface area contributed by atoms with E-state index in [0.717, 1.165) is 18.9 Å². The van der Waals surface area contributed by atoms with Crippen LogP contribution in [0.1, 0.15) is 52.6 Å². The Morgan fingerprint density at radius 3 is 2.66 bits per heavy atom. The highest BCUT2D eigenvalue weighted by atomic mass is 19.1. The lowest BCUT2D eigenvalue weighted by Crippen LogP contribution is -2.34. The lowest BCUT2D eigenvalue weighted by molar-refractivity contribution is -0.121. The van der Waals surface area contributed by atoms with Crippen molar-refractivity contribution in [3.8, 4) is 6.07 Å². The highest BCUT2D eigenvalue weighted by molar-refractivity contribution is 5.89. The van der Waals surface area contributed by atoms with Gasteiger partial charge in [0, 0.05) is 27.6 Å². The molecule has 0 saturated heterocycles. The monoisotopic (exact) mass is 437 g/mol. The van der Waals surface area contributed by atoms with E-state index in [1.165, 1.54) is 24.3 Å². The first-order valence-corrected chi connectivity index (χ1v) is 10.3. The molecule has 32 heavy (non-hydrogen) atoms. The highest BCUT2D eigenvalue weighted by Crippen LogP contribution is 2.45. The second-order valence-corrected chi connectivity index (χ2v) is 8.04. The van der Waals surface area contributed by atoms with E-state index in [0.29, 0.717) is 22.0 Å². The van der Waals surface area contributed by atoms with E-state index in [-0.39, 0.29) is 34.8 Å². The zero-order chi connectivity index (χ0) is 23.0. The number of rotatable bonds is 6. The van der Waals surface area contributed by atoms with Gasteiger partial charge in [-0.2, -0.15) is 5.26 Å². The Labute approximate surface area is 182 Å². The average Bonchev–Trinajstić information content (AvgIpc) is 3.60. The minimum Gasteiger partial charge on any atom is -0.394 e. The molecular formula is C24H21F2N3O3. The van der Waals surface area contributed by atoms with E-state index in [9.17, 15) is 23.5 Å². The third-order valence-corrected chi connectivity index (χ3v) is 5.89. The van der Waals surface area contributed by atoms with Crippen LogP contribution >= 0.6 is 0 Å². The fraction of sp³-hybridized carbons (Fsp3) is 0.292. The van der Waals surface area contributed by atoms with Crippen molar-refractivity contribution in [2.45, 2.75) is 38.1 Å². The molecule has 1 saturated carbocycles. The van der Waals surface area contributed by atoms with Gasteiger partial charge in [-0.15, -0.1) is 0 Å². The number of H-pyrrole nitrogens is 1. The van der Waals surface area contributed by atoms with Crippen LogP contribution in [0.4, 0.5) is 8.78 Å². The number of nitriles is 1. The molecule has 0 bridgehead atoms. The van der Waals surface area contributed by atoms with Crippen LogP contribution in [0.25, 0.3) is 10.9 Å². The van der Waals surface area contributed by atoms with Gasteiger partial charge >= 0.3 is 0 Å². The van der Waals surface area contributed by atoms with Crippen molar-refractivity contribution in [1.82, 2.24) is 10.3 Å². The number of aliphatic hydroxyl groups excluding tert-OH is 1. The van der Waals surface area contributed by atoms with Crippen molar-refractivity contribution >= 4 is 16.8 Å². The smallest absolute Gasteiger partial charge is 0.252 e. The second-order valence-electron chi connectivity index (χ2n) is 8.04. The largest absolute Gasteiger partial charge is 0.394 e. The van der Waals surface area contributed by atoms with Crippen LogP contribution in [0.3, 0.4) is 0 Å². The Morgan fingerprint density at radius 2 is 2.03 bits per heavy atom. The number of halogens is 2. The highest BCUT2D eigenvalue weighted by Gasteiger charge is 2.30. The standard InChI is InChI=1S/C24H21F2N3O3/c1-12-16(24(32)29-19-7-6-17(25)23(22(12)19)14-3-4-14)9-21(31)28-20(11-30)15-5-2-13(10-27)8-18(15)26/h2,5-8,14,20,30H,3-4,9,11H2,1H3,(H,28,31)(H,29,32)/t20-/m0/s1. The molecule has 3 aromatic rings. The molecule has 0 unspecified atom stereocenters. The number of hydrogen-bond acceptors (Lipinski definition) is 4. The molecule has 1 aliphatic rings. The SMILES string of the molecule is Cc1c(CC(=O)N[C@@H](CO)c2ccc(C#N)cc2F)c(=O)[nH]c2ccc(F)c(C3CC3)c12. The van der Waals surface area contributed by atoms with Gasteiger partial charge in [0.1, 0.15) is 11.6 Å². The summed E-state index contributed by atoms with van der Waals surface area (Å²) in [6.07, 6.45) is 1.43. The molecule has 1 fully saturated rings. The first kappa shape index (κ1) is 21.7. The van der Waals surface area contributed by atoms with Gasteiger partial charge in [0.2, 0.25) is 5.91 Å². The molecule has 6 nitrogen and oxygen atoms in total. The number of pyridine rings is 1. The second kappa shape index (κ2) is 8.52. The third-order valence-electron chi connectivity index (χ3n) is 5.89. The van der Waals surface area contributed by atoms with Crippen LogP contribution in [0.15, 0.2) is 35.1 Å². The number of aryl methyl sites for hydroxylation is 1. The molecule has 1 aromatic heterocycles. The molecule has 3 N–H and O–H groups in total. The number of carbonyl (C=O) groups is 1. The first-order chi connectivity index (χ1) is 15.3. The zero-order valence-electron chi connectivity index (χ0n) is 17.3. The molecule has 0 spiro atoms. The zero-order valence-corrected chi connectivity index (χ0v) is 17.3. The van der Waals surface area contributed by atoms with Crippen LogP contribution in [0, 0.1) is 29.9 Å². The fourth-order valence-corrected chi connectivity index (χ4v) is 4.11. The summed E-state index contributed by atoms with van der Waals surface area (Å²) in [5.74, 6) is -1.55. The van der Waals surface area contributed by atoms with Crippen molar-refractivity contribution in [1.29, 1.82) is 5.26 Å². The van der Waals surface area contributed by atoms with Crippen molar-refractivity contribution in [2.24, 2.45) is 0 Å². The van der Waals surface area contributed by atoms with Gasteiger partial charge in [0.15, 0.2) is 0 Å². The van der Waals surface area contributed by atoms with Crippen LogP contribution in [-0.2, 0) is 11.2 Å². The maximum absolute atomic E-state index is 14.5. The summed E-state index contributed by atoms with van der Waals surface area (Å²) in [4.78, 5) is 28.1. The van der Waals surface area contributed by atoms with E-state index in [1.807, 2.05) is 6.07 Å². The van der Waals surface area contributed by atoms with E-state index < -0.39 is 29.9 Å². The van der Waals surface area contributed by atoms with E-state index in [2.05, 4.69) is 10.3 Å². The number of nitrogens with one attached hydrogen (secondary N) is 2. The number of carbonyl (C=O) groups excluding carboxylic acids is 1. The van der Waals surface area contributed by atoms with Crippen LogP contribution < -0.4 is 10.9 Å². The molecular weight excluding hydrogens is 416 g/mol. The van der Waals surface area contributed by atoms with Crippen molar-refractivity contribution in [3.05, 3.63) is 80.1 Å². The number of nitrogens with zero attached hydrogens (tertiary/aromatic N) is 1. The van der Waals surface area contributed by atoms with Gasteiger partial charge in [0.25, 0.3) is 5.56 Å². The summed E-state index contributed by atoms with van der Waals surface area (Å²) in [6.45, 7) is 1.12. The minimum atomic E-state index is -1.05. The molecule has 1 heterocycles. The molecule has 4 rings (SSSR count). The Bertz CT molecular complexity index is 1320. The maximum Gasteiger partial charge on any atom is 0.252 e. The van der Waals surface area contributed by atoms with Gasteiger partial charge in [-0.3, -0.25) is 9.59 Å². The fourth-order valence-electron chi connectivity index (χ4n) is 4.11. The number of fused-ring (bicyclic) bond motifs is 1. The maximum atomic E-state index is 14.5. The average molecular weight is 437 g/mol. The molecule has 1 atom stereocenters. The number of aliphatic hydroxyl groups is 1. The summed E-state index contributed by atoms with van der Waals surface area (Å²) < 4.78 is 28.8. The van der Waals surface area contributed by atoms with Crippen molar-refractivity contribution < 1.29 is 18.7 Å². The Morgan fingerprint density at radius 1 is 1.28 bits per heavy atom. The predicted octanol–water partition coefficient (Wildman–Crippen LogP) is 3.26. The van der Waals surface area contributed by atoms with Crippen LogP contribution in [0.2, 0.25) is 0 Å². The van der Waals surface area contributed by atoms with E-state index in [4.69, 9.17) is 5.26 Å². The summed E-state index contributed by atoms with van der Waals surface area (Å²) in [5, 5.41) is 21.7. The molecule has 0 aliphatic heterocycles. The normalized spacial score (nSPS) is 14.2. The van der Waals surface area contributed by atoms with Gasteiger partial charge in [0.05, 0.1) is 30.7 Å². The van der Waals surface area contributed by atoms with Crippen LogP contribution in [0.5, 0.6) is 0 Å². The lowest BCUT2D eigenvalue weighted by Gasteiger charge is -2.18. The number of aromatic amines is 1. The number of hydrogen-bond donors (Lipinski definition) is 3. The first-order valence-electron chi connectivity index (χ1n) is 10.3. The molecule has 2 aromatic carbocycles. The molecule has 0 radical (unpaired) electrons. The number of aromatic nitrogens is 1. The Kier molecular flexibility index (Phi) is 5.76. The van der Waals surface area contributed by atoms with Gasteiger partial charge < -0.3 is 15.4 Å². The molecule has 8 heteroatoms. The van der Waals surface area contributed by atoms with Crippen LogP contribution in [-0.4, -0.2) is 22.6 Å². The van der Waals surface area contributed by atoms with Gasteiger partial charge in [-0.25, -0.2) is 8.78 Å². The molecule has 1 amide bonds. The van der Waals surface area contributed by atoms with E-state index >= 15 is 0 Å². The third kappa shape index (κ3) is 3.99. The summed E-state index contributed by atoms with van der Waals surface area (Å²) in [6, 6.07) is 7.37. The number of amides is 1. The topological polar surface area (TPSA) is 106 Å². The Balaban J connectivity index is 1.64. The molecule has 1 aliphatic carbocycles. The number of benzene rings is 2. The summed E-state index contributed by atoms with van der Waals surface area (Å²) in [5.41, 5.74) is 1.50. The van der Waals surface area contributed by atoms with Crippen molar-refractivity contribution in [2.75, 3.05) is 6.61 Å². The van der Waals surface area contributed by atoms with Gasteiger partial charge in [-0.05, 0) is 55.5 Å². The van der Waals surface area contributed by atoms with Gasteiger partial charge in [-0.1, -0.05) is 6.07 Å². The summed E-state index contributed by atoms with van der Waals surface area (Å²) in [7, 11) is 0. The lowest BCUT2D eigenvalue weighted by atomic mass is 9.95. The Hall–Kier alpha value is -3.57.